The van der Waals surface area contributed by atoms with Crippen LogP contribution in [-0.4, -0.2) is 30.9 Å². The molecule has 0 fully saturated rings. The average molecular weight is 308 g/mol. The summed E-state index contributed by atoms with van der Waals surface area (Å²) in [6, 6.07) is 11.5. The zero-order valence-electron chi connectivity index (χ0n) is 12.5. The highest BCUT2D eigenvalue weighted by Gasteiger charge is 2.09. The van der Waals surface area contributed by atoms with Gasteiger partial charge in [0.15, 0.2) is 0 Å². The van der Waals surface area contributed by atoms with E-state index >= 15 is 0 Å². The number of ether oxygens (including phenoxy) is 1. The number of aliphatic hydroxyl groups excluding tert-OH is 1. The number of nitrogens with one attached hydrogen (secondary N) is 1. The molecule has 0 radical (unpaired) electrons. The number of rotatable bonds is 7. The van der Waals surface area contributed by atoms with Crippen LogP contribution < -0.4 is 10.1 Å². The van der Waals surface area contributed by atoms with Gasteiger partial charge in [-0.2, -0.15) is 0 Å². The van der Waals surface area contributed by atoms with Gasteiger partial charge >= 0.3 is 0 Å². The highest BCUT2D eigenvalue weighted by molar-refractivity contribution is 6.35. The molecule has 0 aliphatic carbocycles. The average Bonchev–Trinajstić information content (AvgIpc) is 2.46. The van der Waals surface area contributed by atoms with Crippen molar-refractivity contribution in [3.05, 3.63) is 41.4 Å². The van der Waals surface area contributed by atoms with Crippen molar-refractivity contribution in [2.45, 2.75) is 20.0 Å². The third kappa shape index (κ3) is 4.60. The summed E-state index contributed by atoms with van der Waals surface area (Å²) >= 11 is 6.17. The first-order valence-electron chi connectivity index (χ1n) is 7.26. The number of hydrogen-bond donors (Lipinski definition) is 2. The van der Waals surface area contributed by atoms with Crippen molar-refractivity contribution in [3.63, 3.8) is 0 Å². The lowest BCUT2D eigenvalue weighted by molar-refractivity contribution is 0.106. The van der Waals surface area contributed by atoms with Gasteiger partial charge in [0, 0.05) is 22.3 Å². The summed E-state index contributed by atoms with van der Waals surface area (Å²) in [7, 11) is 0. The summed E-state index contributed by atoms with van der Waals surface area (Å²) < 4.78 is 5.74. The van der Waals surface area contributed by atoms with Crippen LogP contribution in [0.5, 0.6) is 5.75 Å². The van der Waals surface area contributed by atoms with Crippen LogP contribution in [0.25, 0.3) is 10.8 Å². The van der Waals surface area contributed by atoms with Crippen molar-refractivity contribution in [2.75, 3.05) is 19.7 Å². The maximum Gasteiger partial charge on any atom is 0.127 e. The molecule has 2 aromatic rings. The van der Waals surface area contributed by atoms with Crippen molar-refractivity contribution < 1.29 is 9.84 Å². The summed E-state index contributed by atoms with van der Waals surface area (Å²) in [6.45, 7) is 5.95. The number of aliphatic hydroxyl groups is 1. The first-order chi connectivity index (χ1) is 10.1. The topological polar surface area (TPSA) is 41.5 Å². The van der Waals surface area contributed by atoms with Gasteiger partial charge in [-0.15, -0.1) is 0 Å². The van der Waals surface area contributed by atoms with Gasteiger partial charge in [0.05, 0.1) is 0 Å². The van der Waals surface area contributed by atoms with Gasteiger partial charge in [-0.25, -0.2) is 0 Å². The second-order valence-electron chi connectivity index (χ2n) is 5.61. The molecule has 0 aliphatic rings. The van der Waals surface area contributed by atoms with Gasteiger partial charge in [0.1, 0.15) is 18.5 Å². The van der Waals surface area contributed by atoms with Crippen molar-refractivity contribution in [2.24, 2.45) is 5.92 Å². The molecular weight excluding hydrogens is 286 g/mol. The SMILES string of the molecule is CC(C)CNCC(O)COc1ccc(Cl)c2ccccc12. The van der Waals surface area contributed by atoms with E-state index in [1.54, 1.807) is 0 Å². The van der Waals surface area contributed by atoms with Gasteiger partial charge in [0.25, 0.3) is 0 Å². The fourth-order valence-corrected chi connectivity index (χ4v) is 2.37. The third-order valence-corrected chi connectivity index (χ3v) is 3.52. The Balaban J connectivity index is 1.96. The second-order valence-corrected chi connectivity index (χ2v) is 6.02. The van der Waals surface area contributed by atoms with E-state index in [0.717, 1.165) is 23.1 Å². The molecule has 0 saturated heterocycles. The normalized spacial score (nSPS) is 12.8. The lowest BCUT2D eigenvalue weighted by Crippen LogP contribution is -2.33. The van der Waals surface area contributed by atoms with Crippen LogP contribution in [0, 0.1) is 5.92 Å². The minimum atomic E-state index is -0.529. The summed E-state index contributed by atoms with van der Waals surface area (Å²) in [5.74, 6) is 1.32. The van der Waals surface area contributed by atoms with E-state index in [0.29, 0.717) is 17.5 Å². The highest BCUT2D eigenvalue weighted by atomic mass is 35.5. The molecule has 0 aromatic heterocycles. The Bertz CT molecular complexity index is 586. The maximum atomic E-state index is 9.94. The minimum Gasteiger partial charge on any atom is -0.490 e. The lowest BCUT2D eigenvalue weighted by Gasteiger charge is -2.15. The Morgan fingerprint density at radius 3 is 2.52 bits per heavy atom. The van der Waals surface area contributed by atoms with E-state index in [1.165, 1.54) is 0 Å². The molecule has 3 nitrogen and oxygen atoms in total. The van der Waals surface area contributed by atoms with Gasteiger partial charge < -0.3 is 15.2 Å². The molecule has 2 aromatic carbocycles. The zero-order valence-corrected chi connectivity index (χ0v) is 13.2. The monoisotopic (exact) mass is 307 g/mol. The molecule has 0 spiro atoms. The van der Waals surface area contributed by atoms with Crippen molar-refractivity contribution in [3.8, 4) is 5.75 Å². The Hall–Kier alpha value is -1.29. The molecule has 0 amide bonds. The largest absolute Gasteiger partial charge is 0.490 e. The molecule has 1 atom stereocenters. The standard InChI is InChI=1S/C17H22ClNO2/c1-12(2)9-19-10-13(20)11-21-17-8-7-16(18)14-5-3-4-6-15(14)17/h3-8,12-13,19-20H,9-11H2,1-2H3. The van der Waals surface area contributed by atoms with E-state index in [1.807, 2.05) is 36.4 Å². The van der Waals surface area contributed by atoms with Crippen LogP contribution >= 0.6 is 11.6 Å². The van der Waals surface area contributed by atoms with Crippen LogP contribution in [0.2, 0.25) is 5.02 Å². The zero-order chi connectivity index (χ0) is 15.2. The third-order valence-electron chi connectivity index (χ3n) is 3.19. The van der Waals surface area contributed by atoms with Crippen LogP contribution in [0.4, 0.5) is 0 Å². The van der Waals surface area contributed by atoms with Crippen molar-refractivity contribution >= 4 is 22.4 Å². The smallest absolute Gasteiger partial charge is 0.127 e. The fourth-order valence-electron chi connectivity index (χ4n) is 2.14. The summed E-state index contributed by atoms with van der Waals surface area (Å²) in [5, 5.41) is 15.8. The summed E-state index contributed by atoms with van der Waals surface area (Å²) in [5.41, 5.74) is 0. The number of benzene rings is 2. The number of halogens is 1. The van der Waals surface area contributed by atoms with Gasteiger partial charge in [0.2, 0.25) is 0 Å². The Kier molecular flexibility index (Phi) is 5.85. The maximum absolute atomic E-state index is 9.94. The molecule has 0 aliphatic heterocycles. The molecule has 114 valence electrons. The summed E-state index contributed by atoms with van der Waals surface area (Å²) in [6.07, 6.45) is -0.529. The predicted molar refractivity (Wildman–Crippen MR) is 88.2 cm³/mol. The van der Waals surface area contributed by atoms with E-state index in [4.69, 9.17) is 16.3 Å². The summed E-state index contributed by atoms with van der Waals surface area (Å²) in [4.78, 5) is 0. The Labute approximate surface area is 130 Å². The van der Waals surface area contributed by atoms with E-state index in [9.17, 15) is 5.11 Å². The Morgan fingerprint density at radius 1 is 1.10 bits per heavy atom. The van der Waals surface area contributed by atoms with E-state index in [2.05, 4.69) is 19.2 Å². The van der Waals surface area contributed by atoms with Crippen molar-refractivity contribution in [1.82, 2.24) is 5.32 Å². The number of hydrogen-bond acceptors (Lipinski definition) is 3. The molecular formula is C17H22ClNO2. The quantitative estimate of drug-likeness (QED) is 0.823. The highest BCUT2D eigenvalue weighted by Crippen LogP contribution is 2.31. The molecule has 1 unspecified atom stereocenters. The molecule has 21 heavy (non-hydrogen) atoms. The van der Waals surface area contributed by atoms with Gasteiger partial charge in [-0.3, -0.25) is 0 Å². The van der Waals surface area contributed by atoms with E-state index < -0.39 is 6.10 Å². The second kappa shape index (κ2) is 7.64. The molecule has 0 bridgehead atoms. The molecule has 2 N–H and O–H groups in total. The van der Waals surface area contributed by atoms with E-state index in [-0.39, 0.29) is 6.61 Å². The molecule has 4 heteroatoms. The van der Waals surface area contributed by atoms with Crippen LogP contribution in [-0.2, 0) is 0 Å². The first kappa shape index (κ1) is 16.1. The first-order valence-corrected chi connectivity index (χ1v) is 7.64. The molecule has 0 heterocycles. The van der Waals surface area contributed by atoms with Gasteiger partial charge in [-0.1, -0.05) is 49.7 Å². The van der Waals surface area contributed by atoms with Crippen LogP contribution in [0.15, 0.2) is 36.4 Å². The van der Waals surface area contributed by atoms with Crippen LogP contribution in [0.1, 0.15) is 13.8 Å². The number of fused-ring (bicyclic) bond motifs is 1. The van der Waals surface area contributed by atoms with Crippen LogP contribution in [0.3, 0.4) is 0 Å². The van der Waals surface area contributed by atoms with Crippen molar-refractivity contribution in [1.29, 1.82) is 0 Å². The minimum absolute atomic E-state index is 0.261. The predicted octanol–water partition coefficient (Wildman–Crippen LogP) is 3.48. The lowest BCUT2D eigenvalue weighted by atomic mass is 10.1. The van der Waals surface area contributed by atoms with Gasteiger partial charge in [-0.05, 0) is 24.6 Å². The molecule has 0 saturated carbocycles. The Morgan fingerprint density at radius 2 is 1.81 bits per heavy atom. The fraction of sp³-hybridized carbons (Fsp3) is 0.412. The molecule has 2 rings (SSSR count).